The number of nitrogens with one attached hydrogen (secondary N) is 1. The second-order valence-electron chi connectivity index (χ2n) is 5.08. The summed E-state index contributed by atoms with van der Waals surface area (Å²) in [6.45, 7) is 1.90. The minimum Gasteiger partial charge on any atom is -0.451 e. The highest BCUT2D eigenvalue weighted by atomic mass is 79.9. The third kappa shape index (κ3) is 3.66. The molecule has 23 heavy (non-hydrogen) atoms. The van der Waals surface area contributed by atoms with Crippen LogP contribution in [0.25, 0.3) is 11.3 Å². The smallest absolute Gasteiger partial charge is 0.291 e. The Hall–Kier alpha value is -2.04. The van der Waals surface area contributed by atoms with Crippen molar-refractivity contribution in [2.75, 3.05) is 5.32 Å². The molecule has 0 spiro atoms. The molecule has 0 unspecified atom stereocenters. The van der Waals surface area contributed by atoms with Crippen molar-refractivity contribution in [3.63, 3.8) is 0 Å². The average Bonchev–Trinajstić information content (AvgIpc) is 3.02. The molecule has 1 heterocycles. The van der Waals surface area contributed by atoms with Crippen molar-refractivity contribution in [2.45, 2.75) is 6.92 Å². The molecule has 0 fully saturated rings. The van der Waals surface area contributed by atoms with E-state index < -0.39 is 0 Å². The summed E-state index contributed by atoms with van der Waals surface area (Å²) in [5.41, 5.74) is 2.51. The fraction of sp³-hybridized carbons (Fsp3) is 0.0556. The van der Waals surface area contributed by atoms with Crippen LogP contribution in [0.2, 0.25) is 5.02 Å². The highest BCUT2D eigenvalue weighted by Crippen LogP contribution is 2.25. The number of rotatable bonds is 3. The summed E-state index contributed by atoms with van der Waals surface area (Å²) in [7, 11) is 0. The van der Waals surface area contributed by atoms with Crippen molar-refractivity contribution in [3.05, 3.63) is 75.4 Å². The molecule has 0 aliphatic carbocycles. The zero-order chi connectivity index (χ0) is 16.4. The van der Waals surface area contributed by atoms with Gasteiger partial charge in [-0.1, -0.05) is 45.7 Å². The number of benzene rings is 2. The maximum atomic E-state index is 12.3. The molecule has 0 saturated heterocycles. The van der Waals surface area contributed by atoms with Crippen LogP contribution in [0.1, 0.15) is 16.1 Å². The number of hydrogen-bond donors (Lipinski definition) is 1. The number of halogens is 2. The number of carbonyl (C=O) groups excluding carboxylic acids is 1. The van der Waals surface area contributed by atoms with Gasteiger partial charge in [0.25, 0.3) is 5.91 Å². The van der Waals surface area contributed by atoms with E-state index in [0.717, 1.165) is 15.6 Å². The van der Waals surface area contributed by atoms with Crippen LogP contribution in [0.5, 0.6) is 0 Å². The molecule has 1 amide bonds. The Morgan fingerprint density at radius 1 is 1.09 bits per heavy atom. The first-order valence-electron chi connectivity index (χ1n) is 6.96. The molecule has 0 radical (unpaired) electrons. The van der Waals surface area contributed by atoms with Crippen LogP contribution >= 0.6 is 27.5 Å². The molecule has 0 aliphatic heterocycles. The molecular weight excluding hydrogens is 378 g/mol. The van der Waals surface area contributed by atoms with Crippen LogP contribution in [0, 0.1) is 6.92 Å². The molecule has 116 valence electrons. The van der Waals surface area contributed by atoms with Crippen molar-refractivity contribution in [2.24, 2.45) is 0 Å². The van der Waals surface area contributed by atoms with Gasteiger partial charge in [-0.3, -0.25) is 4.79 Å². The van der Waals surface area contributed by atoms with Gasteiger partial charge < -0.3 is 9.73 Å². The molecule has 0 atom stereocenters. The fourth-order valence-electron chi connectivity index (χ4n) is 2.14. The van der Waals surface area contributed by atoms with Crippen LogP contribution in [-0.2, 0) is 0 Å². The summed E-state index contributed by atoms with van der Waals surface area (Å²) in [6, 6.07) is 16.5. The Morgan fingerprint density at radius 2 is 1.83 bits per heavy atom. The number of amides is 1. The Labute approximate surface area is 147 Å². The van der Waals surface area contributed by atoms with E-state index >= 15 is 0 Å². The summed E-state index contributed by atoms with van der Waals surface area (Å²) in [5, 5.41) is 3.39. The first-order chi connectivity index (χ1) is 11.0. The van der Waals surface area contributed by atoms with Crippen LogP contribution in [0.4, 0.5) is 5.69 Å². The quantitative estimate of drug-likeness (QED) is 0.603. The van der Waals surface area contributed by atoms with Crippen molar-refractivity contribution in [3.8, 4) is 11.3 Å². The van der Waals surface area contributed by atoms with Gasteiger partial charge in [0.05, 0.1) is 0 Å². The maximum Gasteiger partial charge on any atom is 0.291 e. The number of hydrogen-bond acceptors (Lipinski definition) is 2. The van der Waals surface area contributed by atoms with Gasteiger partial charge in [-0.2, -0.15) is 0 Å². The zero-order valence-electron chi connectivity index (χ0n) is 12.3. The lowest BCUT2D eigenvalue weighted by Crippen LogP contribution is -2.11. The van der Waals surface area contributed by atoms with Crippen molar-refractivity contribution >= 4 is 39.1 Å². The van der Waals surface area contributed by atoms with Gasteiger partial charge in [0.15, 0.2) is 5.76 Å². The molecule has 5 heteroatoms. The molecule has 2 aromatic carbocycles. The van der Waals surface area contributed by atoms with Gasteiger partial charge >= 0.3 is 0 Å². The standard InChI is InChI=1S/C18H13BrClNO2/c1-11-2-7-14(20)10-15(11)21-18(22)17-9-8-16(23-17)12-3-5-13(19)6-4-12/h2-10H,1H3,(H,21,22). The normalized spacial score (nSPS) is 10.6. The summed E-state index contributed by atoms with van der Waals surface area (Å²) < 4.78 is 6.64. The van der Waals surface area contributed by atoms with Gasteiger partial charge in [0, 0.05) is 20.7 Å². The predicted octanol–water partition coefficient (Wildman–Crippen LogP) is 5.92. The van der Waals surface area contributed by atoms with Gasteiger partial charge in [0.2, 0.25) is 0 Å². The van der Waals surface area contributed by atoms with E-state index in [1.165, 1.54) is 0 Å². The Balaban J connectivity index is 1.81. The van der Waals surface area contributed by atoms with Gasteiger partial charge in [0.1, 0.15) is 5.76 Å². The van der Waals surface area contributed by atoms with Gasteiger partial charge in [-0.15, -0.1) is 0 Å². The lowest BCUT2D eigenvalue weighted by atomic mass is 10.2. The Bertz CT molecular complexity index is 856. The largest absolute Gasteiger partial charge is 0.451 e. The molecular formula is C18H13BrClNO2. The molecule has 3 nitrogen and oxygen atoms in total. The minimum atomic E-state index is -0.307. The van der Waals surface area contributed by atoms with Crippen LogP contribution < -0.4 is 5.32 Å². The average molecular weight is 391 g/mol. The first kappa shape index (κ1) is 15.8. The number of anilines is 1. The summed E-state index contributed by atoms with van der Waals surface area (Å²) >= 11 is 9.36. The maximum absolute atomic E-state index is 12.3. The SMILES string of the molecule is Cc1ccc(Cl)cc1NC(=O)c1ccc(-c2ccc(Br)cc2)o1. The van der Waals surface area contributed by atoms with E-state index in [0.29, 0.717) is 16.5 Å². The monoisotopic (exact) mass is 389 g/mol. The van der Waals surface area contributed by atoms with Crippen molar-refractivity contribution < 1.29 is 9.21 Å². The molecule has 0 saturated carbocycles. The van der Waals surface area contributed by atoms with E-state index in [-0.39, 0.29) is 11.7 Å². The van der Waals surface area contributed by atoms with Crippen molar-refractivity contribution in [1.29, 1.82) is 0 Å². The number of furan rings is 1. The first-order valence-corrected chi connectivity index (χ1v) is 8.13. The van der Waals surface area contributed by atoms with Crippen LogP contribution in [0.3, 0.4) is 0 Å². The van der Waals surface area contributed by atoms with E-state index in [2.05, 4.69) is 21.2 Å². The molecule has 1 aromatic heterocycles. The fourth-order valence-corrected chi connectivity index (χ4v) is 2.58. The summed E-state index contributed by atoms with van der Waals surface area (Å²) in [6.07, 6.45) is 0. The van der Waals surface area contributed by atoms with Gasteiger partial charge in [-0.25, -0.2) is 0 Å². The Morgan fingerprint density at radius 3 is 2.57 bits per heavy atom. The van der Waals surface area contributed by atoms with E-state index in [1.54, 1.807) is 24.3 Å². The molecule has 3 aromatic rings. The third-order valence-corrected chi connectivity index (χ3v) is 4.17. The third-order valence-electron chi connectivity index (χ3n) is 3.41. The molecule has 1 N–H and O–H groups in total. The molecule has 0 aliphatic rings. The predicted molar refractivity (Wildman–Crippen MR) is 96.0 cm³/mol. The Kier molecular flexibility index (Phi) is 4.55. The lowest BCUT2D eigenvalue weighted by Gasteiger charge is -2.07. The number of aryl methyl sites for hydroxylation is 1. The second kappa shape index (κ2) is 6.60. The lowest BCUT2D eigenvalue weighted by molar-refractivity contribution is 0.0997. The molecule has 3 rings (SSSR count). The summed E-state index contributed by atoms with van der Waals surface area (Å²) in [5.74, 6) is 0.589. The number of carbonyl (C=O) groups is 1. The van der Waals surface area contributed by atoms with E-state index in [1.807, 2.05) is 37.3 Å². The van der Waals surface area contributed by atoms with Crippen molar-refractivity contribution in [1.82, 2.24) is 0 Å². The van der Waals surface area contributed by atoms with Gasteiger partial charge in [-0.05, 0) is 48.9 Å². The topological polar surface area (TPSA) is 42.2 Å². The zero-order valence-corrected chi connectivity index (χ0v) is 14.6. The minimum absolute atomic E-state index is 0.252. The second-order valence-corrected chi connectivity index (χ2v) is 6.44. The molecule has 0 bridgehead atoms. The van der Waals surface area contributed by atoms with E-state index in [9.17, 15) is 4.79 Å². The summed E-state index contributed by atoms with van der Waals surface area (Å²) in [4.78, 5) is 12.3. The highest BCUT2D eigenvalue weighted by molar-refractivity contribution is 9.10. The highest BCUT2D eigenvalue weighted by Gasteiger charge is 2.13. The van der Waals surface area contributed by atoms with Crippen LogP contribution in [0.15, 0.2) is 63.5 Å². The van der Waals surface area contributed by atoms with E-state index in [4.69, 9.17) is 16.0 Å². The van der Waals surface area contributed by atoms with Crippen LogP contribution in [-0.4, -0.2) is 5.91 Å².